The monoisotopic (exact) mass is 242 g/mol. The van der Waals surface area contributed by atoms with E-state index in [1.54, 1.807) is 10.9 Å². The zero-order chi connectivity index (χ0) is 12.7. The molecule has 1 fully saturated rings. The molecule has 0 bridgehead atoms. The molecule has 2 aromatic rings. The minimum Gasteiger partial charge on any atom is -0.398 e. The van der Waals surface area contributed by atoms with Crippen molar-refractivity contribution < 1.29 is 4.79 Å². The van der Waals surface area contributed by atoms with Crippen LogP contribution in [0.3, 0.4) is 0 Å². The highest BCUT2D eigenvalue weighted by molar-refractivity contribution is 5.91. The van der Waals surface area contributed by atoms with E-state index in [0.29, 0.717) is 22.9 Å². The number of nitrogen functional groups attached to an aromatic ring is 1. The summed E-state index contributed by atoms with van der Waals surface area (Å²) in [6.07, 6.45) is 4.75. The fourth-order valence-corrected chi connectivity index (χ4v) is 2.11. The fourth-order valence-electron chi connectivity index (χ4n) is 2.11. The molecule has 92 valence electrons. The lowest BCUT2D eigenvalue weighted by atomic mass is 10.1. The number of hydrogen-bond donors (Lipinski definition) is 1. The van der Waals surface area contributed by atoms with E-state index in [1.165, 1.54) is 0 Å². The lowest BCUT2D eigenvalue weighted by Gasteiger charge is -2.10. The number of aldehydes is 1. The van der Waals surface area contributed by atoms with Crippen LogP contribution in [0.1, 0.15) is 34.8 Å². The van der Waals surface area contributed by atoms with Crippen LogP contribution in [0.2, 0.25) is 0 Å². The van der Waals surface area contributed by atoms with Crippen LogP contribution in [-0.4, -0.2) is 21.1 Å². The van der Waals surface area contributed by atoms with Crippen molar-refractivity contribution in [2.24, 2.45) is 7.05 Å². The van der Waals surface area contributed by atoms with Crippen molar-refractivity contribution >= 4 is 12.0 Å². The second-order valence-electron chi connectivity index (χ2n) is 4.63. The van der Waals surface area contributed by atoms with Crippen molar-refractivity contribution in [3.63, 3.8) is 0 Å². The Labute approximate surface area is 105 Å². The van der Waals surface area contributed by atoms with Gasteiger partial charge in [-0.05, 0) is 25.0 Å². The Bertz CT molecular complexity index is 613. The Morgan fingerprint density at radius 3 is 2.83 bits per heavy atom. The zero-order valence-electron chi connectivity index (χ0n) is 10.1. The third-order valence-corrected chi connectivity index (χ3v) is 3.29. The number of carbonyl (C=O) groups is 1. The van der Waals surface area contributed by atoms with Gasteiger partial charge < -0.3 is 5.73 Å². The Hall–Kier alpha value is -2.17. The Kier molecular flexibility index (Phi) is 2.40. The second-order valence-corrected chi connectivity index (χ2v) is 4.63. The molecule has 0 aliphatic heterocycles. The molecule has 0 radical (unpaired) electrons. The number of aryl methyl sites for hydroxylation is 1. The molecule has 0 saturated heterocycles. The molecular weight excluding hydrogens is 228 g/mol. The molecule has 5 nitrogen and oxygen atoms in total. The predicted octanol–water partition coefficient (Wildman–Crippen LogP) is 1.75. The number of anilines is 1. The summed E-state index contributed by atoms with van der Waals surface area (Å²) >= 11 is 0. The summed E-state index contributed by atoms with van der Waals surface area (Å²) in [5.41, 5.74) is 9.32. The molecule has 0 atom stereocenters. The highest BCUT2D eigenvalue weighted by Gasteiger charge is 2.27. The number of nitrogens with two attached hydrogens (primary N) is 1. The first-order valence-corrected chi connectivity index (χ1v) is 5.94. The van der Waals surface area contributed by atoms with Gasteiger partial charge in [0.1, 0.15) is 5.69 Å². The quantitative estimate of drug-likeness (QED) is 0.832. The van der Waals surface area contributed by atoms with Gasteiger partial charge in [0.15, 0.2) is 6.29 Å². The van der Waals surface area contributed by atoms with Crippen LogP contribution in [-0.2, 0) is 7.05 Å². The molecule has 2 heterocycles. The lowest BCUT2D eigenvalue weighted by Crippen LogP contribution is -2.05. The van der Waals surface area contributed by atoms with Gasteiger partial charge in [-0.3, -0.25) is 9.48 Å². The highest BCUT2D eigenvalue weighted by Crippen LogP contribution is 2.41. The Morgan fingerprint density at radius 2 is 2.28 bits per heavy atom. The van der Waals surface area contributed by atoms with Gasteiger partial charge in [0.25, 0.3) is 0 Å². The van der Waals surface area contributed by atoms with E-state index in [4.69, 9.17) is 5.73 Å². The third kappa shape index (κ3) is 1.68. The van der Waals surface area contributed by atoms with E-state index in [0.717, 1.165) is 30.5 Å². The van der Waals surface area contributed by atoms with Crippen molar-refractivity contribution in [2.45, 2.75) is 18.8 Å². The largest absolute Gasteiger partial charge is 0.398 e. The molecular formula is C13H14N4O. The van der Waals surface area contributed by atoms with Crippen molar-refractivity contribution in [2.75, 3.05) is 5.73 Å². The summed E-state index contributed by atoms with van der Waals surface area (Å²) in [6.45, 7) is 0. The summed E-state index contributed by atoms with van der Waals surface area (Å²) in [7, 11) is 1.82. The van der Waals surface area contributed by atoms with E-state index in [9.17, 15) is 4.79 Å². The molecule has 1 aliphatic rings. The number of rotatable bonds is 3. The predicted molar refractivity (Wildman–Crippen MR) is 68.2 cm³/mol. The van der Waals surface area contributed by atoms with Crippen molar-refractivity contribution in [1.82, 2.24) is 14.8 Å². The molecule has 1 saturated carbocycles. The van der Waals surface area contributed by atoms with Crippen LogP contribution in [0.5, 0.6) is 0 Å². The van der Waals surface area contributed by atoms with E-state index in [1.807, 2.05) is 19.2 Å². The molecule has 2 N–H and O–H groups in total. The Morgan fingerprint density at radius 1 is 1.50 bits per heavy atom. The van der Waals surface area contributed by atoms with Crippen LogP contribution in [0.25, 0.3) is 11.4 Å². The molecule has 18 heavy (non-hydrogen) atoms. The maximum Gasteiger partial charge on any atom is 0.154 e. The van der Waals surface area contributed by atoms with Gasteiger partial charge in [-0.15, -0.1) is 0 Å². The number of carbonyl (C=O) groups excluding carboxylic acids is 1. The molecule has 5 heteroatoms. The van der Waals surface area contributed by atoms with E-state index in [2.05, 4.69) is 10.1 Å². The molecule has 1 aliphatic carbocycles. The van der Waals surface area contributed by atoms with Gasteiger partial charge in [0, 0.05) is 30.5 Å². The van der Waals surface area contributed by atoms with Crippen LogP contribution >= 0.6 is 0 Å². The van der Waals surface area contributed by atoms with Gasteiger partial charge in [-0.1, -0.05) is 0 Å². The first-order chi connectivity index (χ1) is 8.70. The SMILES string of the molecule is Cn1nccc1-c1nc(C2CC2)cc(N)c1C=O. The van der Waals surface area contributed by atoms with Crippen molar-refractivity contribution in [1.29, 1.82) is 0 Å². The van der Waals surface area contributed by atoms with Gasteiger partial charge in [0.2, 0.25) is 0 Å². The minimum atomic E-state index is 0.447. The van der Waals surface area contributed by atoms with E-state index < -0.39 is 0 Å². The standard InChI is InChI=1S/C13H14N4O/c1-17-12(4-5-15-17)13-9(7-18)10(14)6-11(16-13)8-2-3-8/h4-8H,2-3H2,1H3,(H2,14,16). The maximum atomic E-state index is 11.2. The van der Waals surface area contributed by atoms with Crippen LogP contribution in [0, 0.1) is 0 Å². The number of nitrogens with zero attached hydrogens (tertiary/aromatic N) is 3. The topological polar surface area (TPSA) is 73.8 Å². The summed E-state index contributed by atoms with van der Waals surface area (Å²) in [4.78, 5) is 15.8. The summed E-state index contributed by atoms with van der Waals surface area (Å²) < 4.78 is 1.70. The van der Waals surface area contributed by atoms with Crippen molar-refractivity contribution in [3.05, 3.63) is 29.6 Å². The molecule has 0 spiro atoms. The van der Waals surface area contributed by atoms with Gasteiger partial charge in [-0.25, -0.2) is 4.98 Å². The number of hydrogen-bond acceptors (Lipinski definition) is 4. The first kappa shape index (κ1) is 11.0. The second kappa shape index (κ2) is 3.94. The molecule has 3 rings (SSSR count). The third-order valence-electron chi connectivity index (χ3n) is 3.29. The molecule has 0 unspecified atom stereocenters. The van der Waals surface area contributed by atoms with Crippen LogP contribution < -0.4 is 5.73 Å². The van der Waals surface area contributed by atoms with E-state index >= 15 is 0 Å². The Balaban J connectivity index is 2.22. The summed E-state index contributed by atoms with van der Waals surface area (Å²) in [5, 5.41) is 4.11. The summed E-state index contributed by atoms with van der Waals surface area (Å²) in [6, 6.07) is 3.66. The normalized spacial score (nSPS) is 14.7. The average Bonchev–Trinajstić information content (AvgIpc) is 3.11. The highest BCUT2D eigenvalue weighted by atomic mass is 16.1. The van der Waals surface area contributed by atoms with Gasteiger partial charge >= 0.3 is 0 Å². The number of aromatic nitrogens is 3. The average molecular weight is 242 g/mol. The lowest BCUT2D eigenvalue weighted by molar-refractivity contribution is 0.112. The van der Waals surface area contributed by atoms with Gasteiger partial charge in [0.05, 0.1) is 11.3 Å². The maximum absolute atomic E-state index is 11.2. The van der Waals surface area contributed by atoms with Gasteiger partial charge in [-0.2, -0.15) is 5.10 Å². The molecule has 2 aromatic heterocycles. The zero-order valence-corrected chi connectivity index (χ0v) is 10.1. The summed E-state index contributed by atoms with van der Waals surface area (Å²) in [5.74, 6) is 0.500. The smallest absolute Gasteiger partial charge is 0.154 e. The molecule has 0 amide bonds. The van der Waals surface area contributed by atoms with E-state index in [-0.39, 0.29) is 0 Å². The molecule has 0 aromatic carbocycles. The van der Waals surface area contributed by atoms with Crippen LogP contribution in [0.4, 0.5) is 5.69 Å². The van der Waals surface area contributed by atoms with Crippen molar-refractivity contribution in [3.8, 4) is 11.4 Å². The first-order valence-electron chi connectivity index (χ1n) is 5.94. The van der Waals surface area contributed by atoms with Crippen LogP contribution in [0.15, 0.2) is 18.3 Å². The fraction of sp³-hybridized carbons (Fsp3) is 0.308. The number of pyridine rings is 1. The minimum absolute atomic E-state index is 0.447.